The molecule has 0 fully saturated rings. The summed E-state index contributed by atoms with van der Waals surface area (Å²) in [5.74, 6) is 0.533. The summed E-state index contributed by atoms with van der Waals surface area (Å²) in [4.78, 5) is 33.1. The Bertz CT molecular complexity index is 287. The van der Waals surface area contributed by atoms with Crippen molar-refractivity contribution in [1.29, 1.82) is 0 Å². The zero-order chi connectivity index (χ0) is 15.8. The monoisotopic (exact) mass is 297 g/mol. The zero-order valence-corrected chi connectivity index (χ0v) is 13.3. The molecule has 0 aromatic rings. The molecule has 0 atom stereocenters. The first-order valence-electron chi connectivity index (χ1n) is 8.16. The van der Waals surface area contributed by atoms with Crippen molar-refractivity contribution in [2.75, 3.05) is 13.2 Å². The Morgan fingerprint density at radius 1 is 0.810 bits per heavy atom. The van der Waals surface area contributed by atoms with Gasteiger partial charge in [-0.2, -0.15) is 0 Å². The van der Waals surface area contributed by atoms with Gasteiger partial charge < -0.3 is 4.74 Å². The van der Waals surface area contributed by atoms with Crippen molar-refractivity contribution in [2.45, 2.75) is 77.6 Å². The largest absolute Gasteiger partial charge is 0.382 e. The molecule has 0 spiro atoms. The van der Waals surface area contributed by atoms with E-state index in [1.807, 2.05) is 13.2 Å². The number of Topliss-reactive ketones (excluding diaryl/α,β-unsaturated/α-hetero) is 2. The minimum atomic E-state index is 0.241. The van der Waals surface area contributed by atoms with Crippen LogP contribution in [-0.2, 0) is 19.1 Å². The minimum Gasteiger partial charge on any atom is -0.382 e. The van der Waals surface area contributed by atoms with E-state index in [1.165, 1.54) is 0 Å². The van der Waals surface area contributed by atoms with Gasteiger partial charge in [-0.15, -0.1) is 0 Å². The summed E-state index contributed by atoms with van der Waals surface area (Å²) in [7, 11) is 0. The third-order valence-corrected chi connectivity index (χ3v) is 3.34. The third kappa shape index (κ3) is 15.2. The van der Waals surface area contributed by atoms with Gasteiger partial charge in [0.1, 0.15) is 11.6 Å². The molecule has 121 valence electrons. The number of hydrogen-bond acceptors (Lipinski definition) is 4. The number of carbonyl (C=O) groups is 2. The molecule has 0 aliphatic heterocycles. The summed E-state index contributed by atoms with van der Waals surface area (Å²) in [5, 5.41) is 0. The van der Waals surface area contributed by atoms with Gasteiger partial charge in [-0.25, -0.2) is 0 Å². The van der Waals surface area contributed by atoms with Crippen molar-refractivity contribution in [1.82, 2.24) is 0 Å². The molecule has 21 heavy (non-hydrogen) atoms. The van der Waals surface area contributed by atoms with E-state index < -0.39 is 0 Å². The van der Waals surface area contributed by atoms with Gasteiger partial charge in [-0.3, -0.25) is 14.4 Å². The van der Waals surface area contributed by atoms with E-state index in [2.05, 4.69) is 0 Å². The van der Waals surface area contributed by atoms with Crippen LogP contribution in [-0.4, -0.2) is 31.1 Å². The van der Waals surface area contributed by atoms with E-state index >= 15 is 0 Å². The van der Waals surface area contributed by atoms with Gasteiger partial charge in [-0.1, -0.05) is 0 Å². The lowest BCUT2D eigenvalue weighted by atomic mass is 10.0. The highest BCUT2D eigenvalue weighted by Crippen LogP contribution is 2.08. The van der Waals surface area contributed by atoms with Gasteiger partial charge in [0.15, 0.2) is 6.29 Å². The second-order valence-corrected chi connectivity index (χ2v) is 5.29. The van der Waals surface area contributed by atoms with Crippen LogP contribution in [0.2, 0.25) is 0 Å². The number of ether oxygens (including phenoxy) is 1. The van der Waals surface area contributed by atoms with Gasteiger partial charge in [0.2, 0.25) is 0 Å². The Morgan fingerprint density at radius 2 is 1.29 bits per heavy atom. The summed E-state index contributed by atoms with van der Waals surface area (Å²) < 4.78 is 5.22. The first-order chi connectivity index (χ1) is 10.2. The quantitative estimate of drug-likeness (QED) is 0.409. The molecule has 4 heteroatoms. The average molecular weight is 297 g/mol. The fourth-order valence-corrected chi connectivity index (χ4v) is 2.08. The van der Waals surface area contributed by atoms with Crippen LogP contribution < -0.4 is 0 Å². The molecule has 0 aliphatic rings. The smallest absolute Gasteiger partial charge is 0.198 e. The minimum absolute atomic E-state index is 0.241. The predicted molar refractivity (Wildman–Crippen MR) is 83.0 cm³/mol. The lowest BCUT2D eigenvalue weighted by Crippen LogP contribution is -2.02. The standard InChI is InChI=1S/C17H29O4/c1-2-21-15-9-7-13-17(20)12-6-5-11-16(19)10-4-3-8-14-18/h2-13,15H2,1H3. The molecule has 0 aliphatic carbocycles. The van der Waals surface area contributed by atoms with Crippen LogP contribution in [0.1, 0.15) is 77.6 Å². The first kappa shape index (κ1) is 20.0. The molecule has 0 unspecified atom stereocenters. The molecule has 1 radical (unpaired) electrons. The molecule has 0 amide bonds. The highest BCUT2D eigenvalue weighted by Gasteiger charge is 2.05. The van der Waals surface area contributed by atoms with Crippen molar-refractivity contribution < 1.29 is 19.1 Å². The Morgan fingerprint density at radius 3 is 1.76 bits per heavy atom. The highest BCUT2D eigenvalue weighted by molar-refractivity contribution is 5.79. The molecule has 0 bridgehead atoms. The van der Waals surface area contributed by atoms with Crippen LogP contribution in [0.15, 0.2) is 0 Å². The Balaban J connectivity index is 3.34. The fraction of sp³-hybridized carbons (Fsp3) is 0.824. The van der Waals surface area contributed by atoms with E-state index in [4.69, 9.17) is 4.74 Å². The predicted octanol–water partition coefficient (Wildman–Crippen LogP) is 3.56. The summed E-state index contributed by atoms with van der Waals surface area (Å²) in [5.41, 5.74) is 0. The lowest BCUT2D eigenvalue weighted by molar-refractivity contribution is -0.121. The normalized spacial score (nSPS) is 10.5. The lowest BCUT2D eigenvalue weighted by Gasteiger charge is -2.03. The van der Waals surface area contributed by atoms with E-state index in [9.17, 15) is 14.4 Å². The van der Waals surface area contributed by atoms with Crippen LogP contribution >= 0.6 is 0 Å². The van der Waals surface area contributed by atoms with Crippen molar-refractivity contribution in [3.05, 3.63) is 0 Å². The van der Waals surface area contributed by atoms with Crippen molar-refractivity contribution in [3.8, 4) is 0 Å². The topological polar surface area (TPSA) is 60.4 Å². The molecule has 0 heterocycles. The van der Waals surface area contributed by atoms with E-state index in [0.717, 1.165) is 51.7 Å². The fourth-order valence-electron chi connectivity index (χ4n) is 2.08. The Kier molecular flexibility index (Phi) is 14.6. The molecule has 0 aromatic carbocycles. The molecular weight excluding hydrogens is 268 g/mol. The molecule has 4 nitrogen and oxygen atoms in total. The van der Waals surface area contributed by atoms with Crippen molar-refractivity contribution in [2.24, 2.45) is 0 Å². The maximum absolute atomic E-state index is 11.6. The number of carbonyl (C=O) groups excluding carboxylic acids is 3. The maximum Gasteiger partial charge on any atom is 0.198 e. The van der Waals surface area contributed by atoms with Crippen LogP contribution in [0.25, 0.3) is 0 Å². The molecule has 0 aromatic heterocycles. The maximum atomic E-state index is 11.6. The molecular formula is C17H29O4. The number of hydrogen-bond donors (Lipinski definition) is 0. The first-order valence-corrected chi connectivity index (χ1v) is 8.16. The van der Waals surface area contributed by atoms with Crippen LogP contribution in [0, 0.1) is 0 Å². The van der Waals surface area contributed by atoms with Crippen molar-refractivity contribution >= 4 is 17.9 Å². The van der Waals surface area contributed by atoms with Crippen LogP contribution in [0.3, 0.4) is 0 Å². The van der Waals surface area contributed by atoms with Gasteiger partial charge in [0.25, 0.3) is 0 Å². The molecule has 0 saturated carbocycles. The second kappa shape index (κ2) is 15.4. The third-order valence-electron chi connectivity index (χ3n) is 3.34. The van der Waals surface area contributed by atoms with Crippen LogP contribution in [0.4, 0.5) is 0 Å². The summed E-state index contributed by atoms with van der Waals surface area (Å²) in [6.07, 6.45) is 9.52. The summed E-state index contributed by atoms with van der Waals surface area (Å²) in [6.45, 7) is 3.43. The van der Waals surface area contributed by atoms with Gasteiger partial charge in [-0.05, 0) is 45.4 Å². The number of rotatable bonds is 16. The summed E-state index contributed by atoms with van der Waals surface area (Å²) >= 11 is 0. The van der Waals surface area contributed by atoms with Gasteiger partial charge in [0, 0.05) is 45.3 Å². The Hall–Kier alpha value is -1.03. The van der Waals surface area contributed by atoms with Gasteiger partial charge in [0.05, 0.1) is 0 Å². The average Bonchev–Trinajstić information content (AvgIpc) is 2.48. The molecule has 0 N–H and O–H groups in total. The van der Waals surface area contributed by atoms with E-state index in [-0.39, 0.29) is 5.78 Å². The van der Waals surface area contributed by atoms with Crippen molar-refractivity contribution in [3.63, 3.8) is 0 Å². The van der Waals surface area contributed by atoms with Crippen LogP contribution in [0.5, 0.6) is 0 Å². The second-order valence-electron chi connectivity index (χ2n) is 5.29. The van der Waals surface area contributed by atoms with Gasteiger partial charge >= 0.3 is 0 Å². The molecule has 0 saturated heterocycles. The van der Waals surface area contributed by atoms with E-state index in [1.54, 1.807) is 0 Å². The summed E-state index contributed by atoms with van der Waals surface area (Å²) in [6, 6.07) is 0. The zero-order valence-electron chi connectivity index (χ0n) is 13.3. The SMILES string of the molecule is CCOCCCCC(=O)CCCCC(=O)CCCC[C]=O. The number of ketones is 2. The number of unbranched alkanes of at least 4 members (excludes halogenated alkanes) is 4. The van der Waals surface area contributed by atoms with E-state index in [0.29, 0.717) is 37.9 Å². The highest BCUT2D eigenvalue weighted by atomic mass is 16.5. The molecule has 0 rings (SSSR count). The Labute approximate surface area is 128 Å².